The zero-order valence-electron chi connectivity index (χ0n) is 9.91. The van der Waals surface area contributed by atoms with Gasteiger partial charge >= 0.3 is 0 Å². The van der Waals surface area contributed by atoms with Crippen LogP contribution in [0.4, 0.5) is 0 Å². The van der Waals surface area contributed by atoms with Gasteiger partial charge in [0, 0.05) is 17.6 Å². The van der Waals surface area contributed by atoms with Crippen LogP contribution >= 0.6 is 15.9 Å². The van der Waals surface area contributed by atoms with Crippen molar-refractivity contribution >= 4 is 15.9 Å². The Morgan fingerprint density at radius 1 is 0.941 bits per heavy atom. The molecule has 0 amide bonds. The molecule has 0 aromatic heterocycles. The second-order valence-electron chi connectivity index (χ2n) is 4.17. The molecular weight excluding hydrogens is 274 g/mol. The van der Waals surface area contributed by atoms with Crippen LogP contribution in [0.5, 0.6) is 0 Å². The lowest BCUT2D eigenvalue weighted by atomic mass is 10.1. The molecule has 0 heterocycles. The first-order valence-corrected chi connectivity index (χ1v) is 6.54. The largest absolute Gasteiger partial charge is 0.309 e. The Kier molecular flexibility index (Phi) is 4.35. The molecule has 2 heteroatoms. The van der Waals surface area contributed by atoms with E-state index in [9.17, 15) is 0 Å². The Morgan fingerprint density at radius 3 is 2.35 bits per heavy atom. The molecule has 1 N–H and O–H groups in total. The van der Waals surface area contributed by atoms with E-state index in [-0.39, 0.29) is 0 Å². The first-order chi connectivity index (χ1) is 8.25. The topological polar surface area (TPSA) is 12.0 Å². The van der Waals surface area contributed by atoms with Crippen LogP contribution in [0.1, 0.15) is 16.7 Å². The van der Waals surface area contributed by atoms with Crippen LogP contribution in [0.2, 0.25) is 0 Å². The fourth-order valence-electron chi connectivity index (χ4n) is 1.76. The minimum absolute atomic E-state index is 0.906. The Bertz CT molecular complexity index is 480. The maximum Gasteiger partial charge on any atom is 0.0208 e. The van der Waals surface area contributed by atoms with Crippen molar-refractivity contribution in [1.29, 1.82) is 0 Å². The van der Waals surface area contributed by atoms with E-state index in [4.69, 9.17) is 0 Å². The standard InChI is InChI=1S/C15H16BrN/c1-12-9-14(7-8-15(12)16)11-17-10-13-5-3-2-4-6-13/h2-9,17H,10-11H2,1H3. The van der Waals surface area contributed by atoms with Crippen molar-refractivity contribution in [2.45, 2.75) is 20.0 Å². The quantitative estimate of drug-likeness (QED) is 0.896. The number of benzene rings is 2. The SMILES string of the molecule is Cc1cc(CNCc2ccccc2)ccc1Br. The summed E-state index contributed by atoms with van der Waals surface area (Å²) in [7, 11) is 0. The van der Waals surface area contributed by atoms with Crippen LogP contribution in [0.3, 0.4) is 0 Å². The third kappa shape index (κ3) is 3.69. The third-order valence-electron chi connectivity index (χ3n) is 2.72. The molecular formula is C15H16BrN. The lowest BCUT2D eigenvalue weighted by Crippen LogP contribution is -2.12. The molecule has 0 saturated carbocycles. The van der Waals surface area contributed by atoms with Gasteiger partial charge in [-0.3, -0.25) is 0 Å². The van der Waals surface area contributed by atoms with E-state index in [0.717, 1.165) is 13.1 Å². The lowest BCUT2D eigenvalue weighted by molar-refractivity contribution is 0.693. The van der Waals surface area contributed by atoms with Gasteiger partial charge in [0.05, 0.1) is 0 Å². The minimum atomic E-state index is 0.906. The normalized spacial score (nSPS) is 10.5. The highest BCUT2D eigenvalue weighted by Crippen LogP contribution is 2.16. The summed E-state index contributed by atoms with van der Waals surface area (Å²) in [6, 6.07) is 16.9. The van der Waals surface area contributed by atoms with Crippen LogP contribution < -0.4 is 5.32 Å². The van der Waals surface area contributed by atoms with Crippen molar-refractivity contribution in [3.63, 3.8) is 0 Å². The summed E-state index contributed by atoms with van der Waals surface area (Å²) in [4.78, 5) is 0. The number of rotatable bonds is 4. The Morgan fingerprint density at radius 2 is 1.65 bits per heavy atom. The van der Waals surface area contributed by atoms with E-state index >= 15 is 0 Å². The summed E-state index contributed by atoms with van der Waals surface area (Å²) in [5.41, 5.74) is 3.92. The van der Waals surface area contributed by atoms with E-state index in [1.807, 2.05) is 6.07 Å². The summed E-state index contributed by atoms with van der Waals surface area (Å²) >= 11 is 3.51. The molecule has 0 atom stereocenters. The van der Waals surface area contributed by atoms with Crippen molar-refractivity contribution in [1.82, 2.24) is 5.32 Å². The van der Waals surface area contributed by atoms with E-state index in [1.165, 1.54) is 21.2 Å². The van der Waals surface area contributed by atoms with E-state index in [2.05, 4.69) is 70.6 Å². The fraction of sp³-hybridized carbons (Fsp3) is 0.200. The molecule has 0 aliphatic rings. The monoisotopic (exact) mass is 289 g/mol. The summed E-state index contributed by atoms with van der Waals surface area (Å²) in [6.45, 7) is 3.93. The second-order valence-corrected chi connectivity index (χ2v) is 5.03. The molecule has 0 bridgehead atoms. The molecule has 0 aliphatic heterocycles. The average molecular weight is 290 g/mol. The van der Waals surface area contributed by atoms with E-state index in [0.29, 0.717) is 0 Å². The summed E-state index contributed by atoms with van der Waals surface area (Å²) in [5.74, 6) is 0. The van der Waals surface area contributed by atoms with E-state index < -0.39 is 0 Å². The van der Waals surface area contributed by atoms with Crippen molar-refractivity contribution in [2.24, 2.45) is 0 Å². The Hall–Kier alpha value is -1.12. The number of hydrogen-bond acceptors (Lipinski definition) is 1. The van der Waals surface area contributed by atoms with Crippen LogP contribution in [-0.4, -0.2) is 0 Å². The molecule has 2 rings (SSSR count). The highest BCUT2D eigenvalue weighted by molar-refractivity contribution is 9.10. The summed E-state index contributed by atoms with van der Waals surface area (Å²) in [5, 5.41) is 3.45. The van der Waals surface area contributed by atoms with Gasteiger partial charge in [0.1, 0.15) is 0 Å². The van der Waals surface area contributed by atoms with Crippen molar-refractivity contribution in [3.05, 3.63) is 69.7 Å². The van der Waals surface area contributed by atoms with Crippen LogP contribution in [0, 0.1) is 6.92 Å². The van der Waals surface area contributed by atoms with E-state index in [1.54, 1.807) is 0 Å². The van der Waals surface area contributed by atoms with Gasteiger partial charge in [-0.2, -0.15) is 0 Å². The number of halogens is 1. The average Bonchev–Trinajstić information content (AvgIpc) is 2.35. The first kappa shape index (κ1) is 12.3. The molecule has 0 saturated heterocycles. The molecule has 2 aromatic carbocycles. The lowest BCUT2D eigenvalue weighted by Gasteiger charge is -2.06. The van der Waals surface area contributed by atoms with Gasteiger partial charge in [-0.1, -0.05) is 58.4 Å². The van der Waals surface area contributed by atoms with Crippen molar-refractivity contribution in [3.8, 4) is 0 Å². The maximum atomic E-state index is 3.51. The highest BCUT2D eigenvalue weighted by atomic mass is 79.9. The van der Waals surface area contributed by atoms with Crippen molar-refractivity contribution < 1.29 is 0 Å². The highest BCUT2D eigenvalue weighted by Gasteiger charge is 1.97. The van der Waals surface area contributed by atoms with Crippen LogP contribution in [0.15, 0.2) is 53.0 Å². The second kappa shape index (κ2) is 5.99. The summed E-state index contributed by atoms with van der Waals surface area (Å²) < 4.78 is 1.17. The molecule has 0 fully saturated rings. The smallest absolute Gasteiger partial charge is 0.0208 e. The zero-order valence-corrected chi connectivity index (χ0v) is 11.5. The van der Waals surface area contributed by atoms with Crippen molar-refractivity contribution in [2.75, 3.05) is 0 Å². The predicted octanol–water partition coefficient (Wildman–Crippen LogP) is 4.05. The third-order valence-corrected chi connectivity index (χ3v) is 3.61. The molecule has 0 aliphatic carbocycles. The van der Waals surface area contributed by atoms with Gasteiger partial charge in [-0.05, 0) is 29.7 Å². The first-order valence-electron chi connectivity index (χ1n) is 5.75. The Balaban J connectivity index is 1.88. The number of nitrogens with one attached hydrogen (secondary N) is 1. The Labute approximate surface area is 111 Å². The summed E-state index contributed by atoms with van der Waals surface area (Å²) in [6.07, 6.45) is 0. The predicted molar refractivity (Wildman–Crippen MR) is 75.9 cm³/mol. The fourth-order valence-corrected chi connectivity index (χ4v) is 2.01. The number of aryl methyl sites for hydroxylation is 1. The molecule has 0 radical (unpaired) electrons. The van der Waals surface area contributed by atoms with Gasteiger partial charge in [0.15, 0.2) is 0 Å². The minimum Gasteiger partial charge on any atom is -0.309 e. The van der Waals surface area contributed by atoms with Gasteiger partial charge in [-0.25, -0.2) is 0 Å². The molecule has 0 unspecified atom stereocenters. The van der Waals surface area contributed by atoms with Gasteiger partial charge < -0.3 is 5.32 Å². The molecule has 0 spiro atoms. The zero-order chi connectivity index (χ0) is 12.1. The van der Waals surface area contributed by atoms with Gasteiger partial charge in [0.2, 0.25) is 0 Å². The van der Waals surface area contributed by atoms with Gasteiger partial charge in [-0.15, -0.1) is 0 Å². The van der Waals surface area contributed by atoms with Crippen LogP contribution in [-0.2, 0) is 13.1 Å². The van der Waals surface area contributed by atoms with Crippen LogP contribution in [0.25, 0.3) is 0 Å². The molecule has 1 nitrogen and oxygen atoms in total. The number of hydrogen-bond donors (Lipinski definition) is 1. The maximum absolute atomic E-state index is 3.51. The molecule has 17 heavy (non-hydrogen) atoms. The van der Waals surface area contributed by atoms with Gasteiger partial charge in [0.25, 0.3) is 0 Å². The molecule has 88 valence electrons. The molecule has 2 aromatic rings.